The lowest BCUT2D eigenvalue weighted by Gasteiger charge is -2.23. The van der Waals surface area contributed by atoms with Crippen LogP contribution in [0.3, 0.4) is 0 Å². The van der Waals surface area contributed by atoms with Gasteiger partial charge in [-0.1, -0.05) is 11.2 Å². The van der Waals surface area contributed by atoms with Crippen LogP contribution in [0.15, 0.2) is 47.1 Å². The number of hydrogen-bond donors (Lipinski definition) is 3. The van der Waals surface area contributed by atoms with Gasteiger partial charge < -0.3 is 24.8 Å². The van der Waals surface area contributed by atoms with E-state index in [0.717, 1.165) is 24.2 Å². The molecular weight excluding hydrogens is 462 g/mol. The first kappa shape index (κ1) is 23.4. The molecule has 1 aliphatic rings. The smallest absolute Gasteiger partial charge is 0.270 e. The van der Waals surface area contributed by atoms with E-state index in [1.165, 1.54) is 0 Å². The minimum atomic E-state index is -0.315. The molecule has 5 heterocycles. The Labute approximate surface area is 207 Å². The predicted octanol–water partition coefficient (Wildman–Crippen LogP) is 3.02. The summed E-state index contributed by atoms with van der Waals surface area (Å²) in [7, 11) is 1.58. The number of pyridine rings is 1. The van der Waals surface area contributed by atoms with Crippen LogP contribution in [-0.4, -0.2) is 63.0 Å². The van der Waals surface area contributed by atoms with Crippen LogP contribution in [0, 0.1) is 6.92 Å². The number of methoxy groups -OCH3 is 1. The molecule has 186 valence electrons. The number of amides is 1. The number of aryl methyl sites for hydroxylation is 1. The van der Waals surface area contributed by atoms with Crippen LogP contribution in [-0.2, 0) is 4.74 Å². The number of anilines is 3. The van der Waals surface area contributed by atoms with Crippen LogP contribution in [0.25, 0.3) is 11.4 Å². The van der Waals surface area contributed by atoms with Crippen molar-refractivity contribution in [1.82, 2.24) is 35.6 Å². The van der Waals surface area contributed by atoms with Gasteiger partial charge in [-0.3, -0.25) is 14.9 Å². The van der Waals surface area contributed by atoms with Crippen molar-refractivity contribution >= 4 is 23.5 Å². The third-order valence-electron chi connectivity index (χ3n) is 5.79. The van der Waals surface area contributed by atoms with Gasteiger partial charge in [0.15, 0.2) is 11.6 Å². The Morgan fingerprint density at radius 1 is 1.22 bits per heavy atom. The summed E-state index contributed by atoms with van der Waals surface area (Å²) in [6, 6.07) is 10.9. The maximum absolute atomic E-state index is 12.8. The van der Waals surface area contributed by atoms with Crippen LogP contribution in [0.5, 0.6) is 0 Å². The van der Waals surface area contributed by atoms with Crippen LogP contribution in [0.2, 0.25) is 0 Å². The summed E-state index contributed by atoms with van der Waals surface area (Å²) in [5.74, 6) is 1.85. The zero-order valence-electron chi connectivity index (χ0n) is 20.1. The number of aromatic amines is 1. The molecule has 0 aromatic carbocycles. The number of carbonyl (C=O) groups excluding carboxylic acids is 1. The molecule has 1 fully saturated rings. The quantitative estimate of drug-likeness (QED) is 0.300. The predicted molar refractivity (Wildman–Crippen MR) is 132 cm³/mol. The molecule has 0 unspecified atom stereocenters. The fraction of sp³-hybridized carbons (Fsp3) is 0.333. The Bertz CT molecular complexity index is 1320. The summed E-state index contributed by atoms with van der Waals surface area (Å²) >= 11 is 0. The molecule has 1 saturated heterocycles. The number of aromatic nitrogens is 6. The molecule has 12 heteroatoms. The van der Waals surface area contributed by atoms with Crippen LogP contribution in [0.4, 0.5) is 17.6 Å². The van der Waals surface area contributed by atoms with Gasteiger partial charge in [0.25, 0.3) is 5.91 Å². The van der Waals surface area contributed by atoms with Gasteiger partial charge >= 0.3 is 0 Å². The largest absolute Gasteiger partial charge is 0.383 e. The fourth-order valence-corrected chi connectivity index (χ4v) is 4.10. The molecule has 36 heavy (non-hydrogen) atoms. The standard InChI is InChI=1S/C24H27N9O3/c1-15-12-22(31-30-15)28-21-14-18(23(34)26-9-11-35-2)27-24(29-21)33-10-5-7-19(33)20-13-17(32-36-20)16-6-3-4-8-25-16/h3-4,6,8,12-14,19H,5,7,9-11H2,1-2H3,(H,26,34)(H2,27,28,29,30,31)/t19-/m0/s1. The molecule has 0 saturated carbocycles. The first-order valence-electron chi connectivity index (χ1n) is 11.7. The van der Waals surface area contributed by atoms with Gasteiger partial charge in [0.05, 0.1) is 18.3 Å². The third kappa shape index (κ3) is 5.18. The normalized spacial score (nSPS) is 15.3. The van der Waals surface area contributed by atoms with E-state index < -0.39 is 0 Å². The van der Waals surface area contributed by atoms with Gasteiger partial charge in [-0.05, 0) is 31.9 Å². The number of nitrogens with one attached hydrogen (secondary N) is 3. The van der Waals surface area contributed by atoms with E-state index in [2.05, 4.69) is 36.0 Å². The lowest BCUT2D eigenvalue weighted by atomic mass is 10.1. The number of hydrogen-bond acceptors (Lipinski definition) is 10. The molecule has 1 aliphatic heterocycles. The topological polar surface area (TPSA) is 147 Å². The molecule has 0 bridgehead atoms. The van der Waals surface area contributed by atoms with Gasteiger partial charge in [0, 0.05) is 50.3 Å². The molecule has 1 atom stereocenters. The van der Waals surface area contributed by atoms with Crippen molar-refractivity contribution in [1.29, 1.82) is 0 Å². The number of carbonyl (C=O) groups is 1. The molecule has 3 N–H and O–H groups in total. The van der Waals surface area contributed by atoms with E-state index in [1.54, 1.807) is 19.4 Å². The highest BCUT2D eigenvalue weighted by molar-refractivity contribution is 5.93. The SMILES string of the molecule is COCCNC(=O)c1cc(Nc2cc(C)[nH]n2)nc(N2CCC[C@H]2c2cc(-c3ccccn3)no2)n1. The van der Waals surface area contributed by atoms with Gasteiger partial charge in [-0.25, -0.2) is 4.98 Å². The number of nitrogens with zero attached hydrogens (tertiary/aromatic N) is 6. The lowest BCUT2D eigenvalue weighted by molar-refractivity contribution is 0.0932. The maximum Gasteiger partial charge on any atom is 0.270 e. The van der Waals surface area contributed by atoms with Crippen molar-refractivity contribution in [2.75, 3.05) is 37.0 Å². The Morgan fingerprint density at radius 2 is 2.14 bits per heavy atom. The van der Waals surface area contributed by atoms with Crippen LogP contribution in [0.1, 0.15) is 40.8 Å². The summed E-state index contributed by atoms with van der Waals surface area (Å²) in [4.78, 5) is 28.5. The summed E-state index contributed by atoms with van der Waals surface area (Å²) < 4.78 is 10.8. The van der Waals surface area contributed by atoms with Crippen molar-refractivity contribution in [2.45, 2.75) is 25.8 Å². The zero-order valence-corrected chi connectivity index (χ0v) is 20.1. The molecule has 0 radical (unpaired) electrons. The first-order valence-corrected chi connectivity index (χ1v) is 11.7. The van der Waals surface area contributed by atoms with E-state index >= 15 is 0 Å². The second-order valence-corrected chi connectivity index (χ2v) is 8.43. The average Bonchev–Trinajstić information content (AvgIpc) is 3.65. The maximum atomic E-state index is 12.8. The second-order valence-electron chi connectivity index (χ2n) is 8.43. The molecule has 12 nitrogen and oxygen atoms in total. The van der Waals surface area contributed by atoms with Crippen molar-refractivity contribution in [3.63, 3.8) is 0 Å². The highest BCUT2D eigenvalue weighted by Crippen LogP contribution is 2.36. The Hall–Kier alpha value is -4.32. The van der Waals surface area contributed by atoms with Gasteiger partial charge in [-0.2, -0.15) is 10.1 Å². The number of H-pyrrole nitrogens is 1. The molecule has 0 spiro atoms. The van der Waals surface area contributed by atoms with E-state index in [1.807, 2.05) is 42.2 Å². The van der Waals surface area contributed by atoms with Gasteiger partial charge in [-0.15, -0.1) is 0 Å². The lowest BCUT2D eigenvalue weighted by Crippen LogP contribution is -2.30. The van der Waals surface area contributed by atoms with Crippen molar-refractivity contribution < 1.29 is 14.1 Å². The van der Waals surface area contributed by atoms with Gasteiger partial charge in [0.1, 0.15) is 17.2 Å². The van der Waals surface area contributed by atoms with E-state index in [-0.39, 0.29) is 17.6 Å². The summed E-state index contributed by atoms with van der Waals surface area (Å²) in [5.41, 5.74) is 2.55. The molecule has 1 amide bonds. The fourth-order valence-electron chi connectivity index (χ4n) is 4.10. The van der Waals surface area contributed by atoms with Gasteiger partial charge in [0.2, 0.25) is 5.95 Å². The highest BCUT2D eigenvalue weighted by atomic mass is 16.5. The van der Waals surface area contributed by atoms with Crippen LogP contribution >= 0.6 is 0 Å². The third-order valence-corrected chi connectivity index (χ3v) is 5.79. The zero-order chi connectivity index (χ0) is 24.9. The molecule has 4 aromatic heterocycles. The first-order chi connectivity index (χ1) is 17.6. The molecule has 5 rings (SSSR count). The molecular formula is C24H27N9O3. The summed E-state index contributed by atoms with van der Waals surface area (Å²) in [5, 5.41) is 17.3. The Kier molecular flexibility index (Phi) is 6.85. The number of ether oxygens (including phenoxy) is 1. The highest BCUT2D eigenvalue weighted by Gasteiger charge is 2.32. The summed E-state index contributed by atoms with van der Waals surface area (Å²) in [6.07, 6.45) is 3.48. The Morgan fingerprint density at radius 3 is 2.92 bits per heavy atom. The van der Waals surface area contributed by atoms with Crippen molar-refractivity contribution in [3.05, 3.63) is 59.7 Å². The molecule has 4 aromatic rings. The average molecular weight is 490 g/mol. The van der Waals surface area contributed by atoms with E-state index in [0.29, 0.717) is 48.7 Å². The molecule has 0 aliphatic carbocycles. The minimum Gasteiger partial charge on any atom is -0.383 e. The second kappa shape index (κ2) is 10.5. The number of rotatable bonds is 9. The minimum absolute atomic E-state index is 0.123. The van der Waals surface area contributed by atoms with Crippen molar-refractivity contribution in [3.8, 4) is 11.4 Å². The summed E-state index contributed by atoms with van der Waals surface area (Å²) in [6.45, 7) is 3.39. The van der Waals surface area contributed by atoms with Crippen LogP contribution < -0.4 is 15.5 Å². The van der Waals surface area contributed by atoms with E-state index in [4.69, 9.17) is 14.2 Å². The van der Waals surface area contributed by atoms with Crippen molar-refractivity contribution in [2.24, 2.45) is 0 Å². The monoisotopic (exact) mass is 489 g/mol. The Balaban J connectivity index is 1.44. The van der Waals surface area contributed by atoms with E-state index in [9.17, 15) is 4.79 Å².